The maximum atomic E-state index is 13.1. The summed E-state index contributed by atoms with van der Waals surface area (Å²) in [5, 5.41) is 4.36. The van der Waals surface area contributed by atoms with Gasteiger partial charge < -0.3 is 20.1 Å². The number of para-hydroxylation sites is 2. The van der Waals surface area contributed by atoms with Crippen LogP contribution in [0.15, 0.2) is 41.3 Å². The number of rotatable bonds is 6. The molecule has 2 amide bonds. The first-order valence-corrected chi connectivity index (χ1v) is 10.5. The average Bonchev–Trinajstić information content (AvgIpc) is 2.67. The van der Waals surface area contributed by atoms with E-state index in [1.165, 1.54) is 20.1 Å². The monoisotopic (exact) mass is 418 g/mol. The van der Waals surface area contributed by atoms with Gasteiger partial charge in [0.2, 0.25) is 5.91 Å². The maximum Gasteiger partial charge on any atom is 0.262 e. The van der Waals surface area contributed by atoms with E-state index in [-0.39, 0.29) is 23.8 Å². The number of hydrogen-bond donors (Lipinski definition) is 2. The van der Waals surface area contributed by atoms with Crippen LogP contribution < -0.4 is 20.1 Å². The minimum Gasteiger partial charge on any atom is -0.495 e. The lowest BCUT2D eigenvalue weighted by Gasteiger charge is -2.21. The van der Waals surface area contributed by atoms with Crippen molar-refractivity contribution < 1.29 is 27.5 Å². The van der Waals surface area contributed by atoms with Gasteiger partial charge in [-0.2, -0.15) is 0 Å². The number of ether oxygens (including phenoxy) is 2. The number of nitrogens with one attached hydrogen (secondary N) is 2. The van der Waals surface area contributed by atoms with Gasteiger partial charge in [0.1, 0.15) is 11.5 Å². The Hall–Kier alpha value is -3.07. The molecule has 154 valence electrons. The molecule has 0 fully saturated rings. The van der Waals surface area contributed by atoms with Crippen molar-refractivity contribution in [2.45, 2.75) is 30.4 Å². The van der Waals surface area contributed by atoms with Crippen LogP contribution >= 0.6 is 0 Å². The summed E-state index contributed by atoms with van der Waals surface area (Å²) in [4.78, 5) is 23.9. The highest BCUT2D eigenvalue weighted by atomic mass is 32.2. The van der Waals surface area contributed by atoms with Gasteiger partial charge in [-0.3, -0.25) is 9.59 Å². The Morgan fingerprint density at radius 1 is 1.31 bits per heavy atom. The van der Waals surface area contributed by atoms with E-state index in [9.17, 15) is 18.0 Å². The van der Waals surface area contributed by atoms with Gasteiger partial charge in [-0.05, 0) is 37.6 Å². The largest absolute Gasteiger partial charge is 0.495 e. The van der Waals surface area contributed by atoms with E-state index in [2.05, 4.69) is 10.6 Å². The third-order valence-electron chi connectivity index (χ3n) is 4.60. The van der Waals surface area contributed by atoms with Crippen LogP contribution in [-0.4, -0.2) is 39.2 Å². The number of fused-ring (bicyclic) bond motifs is 1. The van der Waals surface area contributed by atoms with Crippen LogP contribution in [0.3, 0.4) is 0 Å². The molecular weight excluding hydrogens is 396 g/mol. The van der Waals surface area contributed by atoms with Gasteiger partial charge in [-0.1, -0.05) is 12.1 Å². The minimum atomic E-state index is -3.80. The summed E-state index contributed by atoms with van der Waals surface area (Å²) in [6.07, 6.45) is -0.228. The first-order chi connectivity index (χ1) is 13.7. The van der Waals surface area contributed by atoms with E-state index in [0.29, 0.717) is 28.4 Å². The Balaban J connectivity index is 1.79. The van der Waals surface area contributed by atoms with Crippen molar-refractivity contribution in [3.05, 3.63) is 42.0 Å². The van der Waals surface area contributed by atoms with Crippen molar-refractivity contribution in [1.82, 2.24) is 0 Å². The quantitative estimate of drug-likeness (QED) is 0.746. The third kappa shape index (κ3) is 4.34. The van der Waals surface area contributed by atoms with Crippen molar-refractivity contribution in [1.29, 1.82) is 0 Å². The molecular formula is C20H22N2O6S. The molecule has 0 aliphatic carbocycles. The van der Waals surface area contributed by atoms with Crippen LogP contribution in [0.1, 0.15) is 18.9 Å². The molecule has 0 saturated carbocycles. The van der Waals surface area contributed by atoms with Crippen LogP contribution in [0.5, 0.6) is 11.5 Å². The number of carbonyl (C=O) groups is 2. The Bertz CT molecular complexity index is 1060. The molecule has 8 nitrogen and oxygen atoms in total. The summed E-state index contributed by atoms with van der Waals surface area (Å²) in [6.45, 7) is 2.95. The summed E-state index contributed by atoms with van der Waals surface area (Å²) < 4.78 is 36.6. The molecule has 9 heteroatoms. The molecule has 0 unspecified atom stereocenters. The number of benzene rings is 2. The van der Waals surface area contributed by atoms with E-state index < -0.39 is 21.0 Å². The Kier molecular flexibility index (Phi) is 5.78. The number of aryl methyl sites for hydroxylation is 1. The Labute approximate surface area is 169 Å². The summed E-state index contributed by atoms with van der Waals surface area (Å²) in [5.74, 6) is 0.0409. The summed E-state index contributed by atoms with van der Waals surface area (Å²) >= 11 is 0. The molecule has 1 aliphatic heterocycles. The van der Waals surface area contributed by atoms with Crippen LogP contribution in [-0.2, 0) is 19.4 Å². The van der Waals surface area contributed by atoms with Crippen molar-refractivity contribution in [2.24, 2.45) is 0 Å². The van der Waals surface area contributed by atoms with E-state index in [1.807, 2.05) is 0 Å². The lowest BCUT2D eigenvalue weighted by atomic mass is 10.2. The van der Waals surface area contributed by atoms with Gasteiger partial charge >= 0.3 is 0 Å². The van der Waals surface area contributed by atoms with Crippen LogP contribution in [0, 0.1) is 6.92 Å². The van der Waals surface area contributed by atoms with Gasteiger partial charge in [0.05, 0.1) is 28.6 Å². The highest BCUT2D eigenvalue weighted by Crippen LogP contribution is 2.34. The molecule has 2 N–H and O–H groups in total. The maximum absolute atomic E-state index is 13.1. The second-order valence-electron chi connectivity index (χ2n) is 6.76. The second-order valence-corrected chi connectivity index (χ2v) is 9.09. The number of hydrogen-bond acceptors (Lipinski definition) is 6. The number of anilines is 2. The summed E-state index contributed by atoms with van der Waals surface area (Å²) in [5.41, 5.74) is 1.37. The molecule has 0 saturated heterocycles. The van der Waals surface area contributed by atoms with Crippen LogP contribution in [0.4, 0.5) is 11.4 Å². The topological polar surface area (TPSA) is 111 Å². The van der Waals surface area contributed by atoms with Gasteiger partial charge in [0.15, 0.2) is 16.4 Å². The highest BCUT2D eigenvalue weighted by molar-refractivity contribution is 7.92. The van der Waals surface area contributed by atoms with E-state index in [0.717, 1.165) is 0 Å². The van der Waals surface area contributed by atoms with Crippen LogP contribution in [0.2, 0.25) is 0 Å². The minimum absolute atomic E-state index is 0.0741. The second kappa shape index (κ2) is 8.12. The third-order valence-corrected chi connectivity index (χ3v) is 6.88. The highest BCUT2D eigenvalue weighted by Gasteiger charge is 2.29. The normalized spacial score (nSPS) is 14.2. The number of amides is 2. The SMILES string of the molecule is COc1ccccc1NC(=O)C[C@@H](C)S(=O)(=O)c1cc2c(cc1C)NC(=O)CO2. The van der Waals surface area contributed by atoms with E-state index >= 15 is 0 Å². The molecule has 0 spiro atoms. The number of sulfone groups is 1. The molecule has 2 aromatic carbocycles. The summed E-state index contributed by atoms with van der Waals surface area (Å²) in [7, 11) is -2.32. The fourth-order valence-corrected chi connectivity index (χ4v) is 4.64. The first-order valence-electron chi connectivity index (χ1n) is 8.96. The fourth-order valence-electron chi connectivity index (χ4n) is 3.06. The predicted molar refractivity (Wildman–Crippen MR) is 108 cm³/mol. The zero-order valence-electron chi connectivity index (χ0n) is 16.3. The molecule has 1 atom stereocenters. The molecule has 0 aromatic heterocycles. The van der Waals surface area contributed by atoms with E-state index in [4.69, 9.17) is 9.47 Å². The van der Waals surface area contributed by atoms with Gasteiger partial charge in [-0.25, -0.2) is 8.42 Å². The molecule has 29 heavy (non-hydrogen) atoms. The number of methoxy groups -OCH3 is 1. The first kappa shape index (κ1) is 20.7. The average molecular weight is 418 g/mol. The Morgan fingerprint density at radius 3 is 2.76 bits per heavy atom. The van der Waals surface area contributed by atoms with E-state index in [1.54, 1.807) is 37.3 Å². The molecule has 0 radical (unpaired) electrons. The zero-order chi connectivity index (χ0) is 21.2. The smallest absolute Gasteiger partial charge is 0.262 e. The molecule has 2 aromatic rings. The fraction of sp³-hybridized carbons (Fsp3) is 0.300. The van der Waals surface area contributed by atoms with Crippen molar-refractivity contribution in [3.8, 4) is 11.5 Å². The standard InChI is InChI=1S/C20H22N2O6S/c1-12-8-15-17(28-11-20(24)22-15)10-18(12)29(25,26)13(2)9-19(23)21-14-6-4-5-7-16(14)27-3/h4-8,10,13H,9,11H2,1-3H3,(H,21,23)(H,22,24)/t13-/m1/s1. The van der Waals surface area contributed by atoms with Crippen molar-refractivity contribution in [2.75, 3.05) is 24.4 Å². The summed E-state index contributed by atoms with van der Waals surface area (Å²) in [6, 6.07) is 9.84. The lowest BCUT2D eigenvalue weighted by Crippen LogP contribution is -2.27. The predicted octanol–water partition coefficient (Wildman–Crippen LogP) is 2.53. The van der Waals surface area contributed by atoms with Crippen molar-refractivity contribution >= 4 is 33.0 Å². The molecule has 1 heterocycles. The zero-order valence-corrected chi connectivity index (χ0v) is 17.1. The Morgan fingerprint density at radius 2 is 2.03 bits per heavy atom. The van der Waals surface area contributed by atoms with Gasteiger partial charge in [0, 0.05) is 12.5 Å². The van der Waals surface area contributed by atoms with Crippen molar-refractivity contribution in [3.63, 3.8) is 0 Å². The van der Waals surface area contributed by atoms with Gasteiger partial charge in [0.25, 0.3) is 5.91 Å². The molecule has 1 aliphatic rings. The molecule has 0 bridgehead atoms. The molecule has 3 rings (SSSR count). The van der Waals surface area contributed by atoms with Gasteiger partial charge in [-0.15, -0.1) is 0 Å². The van der Waals surface area contributed by atoms with Crippen LogP contribution in [0.25, 0.3) is 0 Å². The lowest BCUT2D eigenvalue weighted by molar-refractivity contribution is -0.118. The number of carbonyl (C=O) groups excluding carboxylic acids is 2.